The Morgan fingerprint density at radius 2 is 2.21 bits per heavy atom. The van der Waals surface area contributed by atoms with E-state index in [2.05, 4.69) is 0 Å². The highest BCUT2D eigenvalue weighted by Gasteiger charge is 2.24. The van der Waals surface area contributed by atoms with Gasteiger partial charge in [0.2, 0.25) is 0 Å². The minimum atomic E-state index is -0.646. The second-order valence-corrected chi connectivity index (χ2v) is 3.10. The molecule has 0 bridgehead atoms. The van der Waals surface area contributed by atoms with Crippen molar-refractivity contribution in [2.45, 2.75) is 13.3 Å². The van der Waals surface area contributed by atoms with Gasteiger partial charge >= 0.3 is 5.97 Å². The zero-order valence-electron chi connectivity index (χ0n) is 7.84. The molecule has 0 radical (unpaired) electrons. The number of carbonyl (C=O) groups excluding carboxylic acids is 2. The van der Waals surface area contributed by atoms with Crippen LogP contribution in [0.2, 0.25) is 0 Å². The molecular formula is C9H11ClO4. The first-order valence-electron chi connectivity index (χ1n) is 4.33. The van der Waals surface area contributed by atoms with E-state index in [0.717, 1.165) is 0 Å². The first-order valence-corrected chi connectivity index (χ1v) is 4.71. The molecule has 0 saturated carbocycles. The summed E-state index contributed by atoms with van der Waals surface area (Å²) in [6.45, 7) is 2.51. The summed E-state index contributed by atoms with van der Waals surface area (Å²) in [5, 5.41) is -0.646. The number of rotatable bonds is 3. The van der Waals surface area contributed by atoms with Gasteiger partial charge in [-0.1, -0.05) is 0 Å². The Bertz CT molecular complexity index is 283. The Kier molecular flexibility index (Phi) is 4.10. The van der Waals surface area contributed by atoms with E-state index in [1.54, 1.807) is 6.92 Å². The van der Waals surface area contributed by atoms with Crippen molar-refractivity contribution >= 4 is 22.8 Å². The third-order valence-electron chi connectivity index (χ3n) is 1.87. The standard InChI is InChI=1S/C9H11ClO4/c1-2-14-9(12)6-3-4-13-5-7(6)8(10)11/h2-5H2,1H3. The van der Waals surface area contributed by atoms with E-state index in [9.17, 15) is 9.59 Å². The van der Waals surface area contributed by atoms with E-state index >= 15 is 0 Å². The zero-order valence-corrected chi connectivity index (χ0v) is 8.60. The fourth-order valence-electron chi connectivity index (χ4n) is 1.21. The second kappa shape index (κ2) is 5.12. The molecule has 4 nitrogen and oxygen atoms in total. The zero-order chi connectivity index (χ0) is 10.6. The third-order valence-corrected chi connectivity index (χ3v) is 2.09. The Morgan fingerprint density at radius 1 is 1.50 bits per heavy atom. The van der Waals surface area contributed by atoms with Crippen LogP contribution in [-0.2, 0) is 19.1 Å². The van der Waals surface area contributed by atoms with Crippen molar-refractivity contribution in [3.05, 3.63) is 11.1 Å². The van der Waals surface area contributed by atoms with Gasteiger partial charge in [-0.05, 0) is 18.5 Å². The molecular weight excluding hydrogens is 208 g/mol. The van der Waals surface area contributed by atoms with Gasteiger partial charge in [-0.15, -0.1) is 0 Å². The van der Waals surface area contributed by atoms with Gasteiger partial charge in [0.1, 0.15) is 0 Å². The van der Waals surface area contributed by atoms with Gasteiger partial charge in [0.15, 0.2) is 0 Å². The lowest BCUT2D eigenvalue weighted by Crippen LogP contribution is -2.21. The summed E-state index contributed by atoms with van der Waals surface area (Å²) in [5.41, 5.74) is 0.564. The van der Waals surface area contributed by atoms with Crippen molar-refractivity contribution in [1.29, 1.82) is 0 Å². The van der Waals surface area contributed by atoms with Crippen LogP contribution < -0.4 is 0 Å². The maximum absolute atomic E-state index is 11.4. The predicted molar refractivity (Wildman–Crippen MR) is 50.0 cm³/mol. The van der Waals surface area contributed by atoms with Gasteiger partial charge in [0, 0.05) is 17.6 Å². The summed E-state index contributed by atoms with van der Waals surface area (Å²) in [4.78, 5) is 22.3. The van der Waals surface area contributed by atoms with Crippen molar-refractivity contribution in [3.63, 3.8) is 0 Å². The van der Waals surface area contributed by atoms with E-state index < -0.39 is 11.2 Å². The minimum Gasteiger partial charge on any atom is -0.463 e. The maximum atomic E-state index is 11.4. The molecule has 1 aliphatic heterocycles. The smallest absolute Gasteiger partial charge is 0.334 e. The molecule has 14 heavy (non-hydrogen) atoms. The molecule has 0 fully saturated rings. The van der Waals surface area contributed by atoms with E-state index in [4.69, 9.17) is 21.1 Å². The van der Waals surface area contributed by atoms with Gasteiger partial charge in [-0.2, -0.15) is 0 Å². The molecule has 1 rings (SSSR count). The van der Waals surface area contributed by atoms with Gasteiger partial charge in [0.25, 0.3) is 5.24 Å². The SMILES string of the molecule is CCOC(=O)C1=C(C(=O)Cl)COCC1. The quantitative estimate of drug-likeness (QED) is 0.525. The van der Waals surface area contributed by atoms with E-state index in [1.165, 1.54) is 0 Å². The summed E-state index contributed by atoms with van der Waals surface area (Å²) in [7, 11) is 0. The number of ether oxygens (including phenoxy) is 2. The summed E-state index contributed by atoms with van der Waals surface area (Å²) in [5.74, 6) is -0.472. The lowest BCUT2D eigenvalue weighted by Gasteiger charge is -2.16. The monoisotopic (exact) mass is 218 g/mol. The molecule has 0 aliphatic carbocycles. The van der Waals surface area contributed by atoms with Crippen LogP contribution in [0, 0.1) is 0 Å². The minimum absolute atomic E-state index is 0.0937. The molecule has 0 saturated heterocycles. The molecule has 1 aliphatic rings. The number of esters is 1. The van der Waals surface area contributed by atoms with Gasteiger partial charge in [-0.25, -0.2) is 4.79 Å². The van der Waals surface area contributed by atoms with Gasteiger partial charge in [-0.3, -0.25) is 4.79 Å². The molecule has 0 N–H and O–H groups in total. The molecule has 1 heterocycles. The molecule has 0 atom stereocenters. The summed E-state index contributed by atoms with van der Waals surface area (Å²) in [6.07, 6.45) is 0.382. The molecule has 0 aromatic carbocycles. The normalized spacial score (nSPS) is 16.7. The van der Waals surface area contributed by atoms with Crippen molar-refractivity contribution in [1.82, 2.24) is 0 Å². The Morgan fingerprint density at radius 3 is 2.79 bits per heavy atom. The average Bonchev–Trinajstić information content (AvgIpc) is 2.18. The van der Waals surface area contributed by atoms with E-state index in [-0.39, 0.29) is 18.8 Å². The maximum Gasteiger partial charge on any atom is 0.334 e. The molecule has 0 aromatic rings. The van der Waals surface area contributed by atoms with Gasteiger partial charge < -0.3 is 9.47 Å². The van der Waals surface area contributed by atoms with Gasteiger partial charge in [0.05, 0.1) is 19.8 Å². The fourth-order valence-corrected chi connectivity index (χ4v) is 1.37. The van der Waals surface area contributed by atoms with Crippen LogP contribution in [0.4, 0.5) is 0 Å². The summed E-state index contributed by atoms with van der Waals surface area (Å²) < 4.78 is 9.83. The molecule has 0 aromatic heterocycles. The number of halogens is 1. The number of hydrogen-bond donors (Lipinski definition) is 0. The van der Waals surface area contributed by atoms with Crippen LogP contribution in [0.15, 0.2) is 11.1 Å². The molecule has 0 spiro atoms. The van der Waals surface area contributed by atoms with Crippen LogP contribution in [0.5, 0.6) is 0 Å². The topological polar surface area (TPSA) is 52.6 Å². The van der Waals surface area contributed by atoms with Crippen molar-refractivity contribution in [2.75, 3.05) is 19.8 Å². The summed E-state index contributed by atoms with van der Waals surface area (Å²) in [6, 6.07) is 0. The molecule has 0 unspecified atom stereocenters. The Balaban J connectivity index is 2.88. The number of carbonyl (C=O) groups is 2. The van der Waals surface area contributed by atoms with E-state index in [1.807, 2.05) is 0 Å². The average molecular weight is 219 g/mol. The third kappa shape index (κ3) is 2.56. The predicted octanol–water partition coefficient (Wildman–Crippen LogP) is 1.03. The first kappa shape index (κ1) is 11.2. The Labute approximate surface area is 86.8 Å². The van der Waals surface area contributed by atoms with Crippen LogP contribution in [0.3, 0.4) is 0 Å². The fraction of sp³-hybridized carbons (Fsp3) is 0.556. The van der Waals surface area contributed by atoms with Crippen LogP contribution >= 0.6 is 11.6 Å². The molecule has 0 amide bonds. The molecule has 78 valence electrons. The lowest BCUT2D eigenvalue weighted by molar-refractivity contribution is -0.139. The lowest BCUT2D eigenvalue weighted by atomic mass is 10.1. The summed E-state index contributed by atoms with van der Waals surface area (Å²) >= 11 is 5.31. The second-order valence-electron chi connectivity index (χ2n) is 2.75. The van der Waals surface area contributed by atoms with Crippen LogP contribution in [0.1, 0.15) is 13.3 Å². The van der Waals surface area contributed by atoms with Crippen LogP contribution in [0.25, 0.3) is 0 Å². The van der Waals surface area contributed by atoms with Crippen LogP contribution in [-0.4, -0.2) is 31.0 Å². The first-order chi connectivity index (χ1) is 6.66. The van der Waals surface area contributed by atoms with Crippen molar-refractivity contribution in [2.24, 2.45) is 0 Å². The largest absolute Gasteiger partial charge is 0.463 e. The number of hydrogen-bond acceptors (Lipinski definition) is 4. The highest BCUT2D eigenvalue weighted by molar-refractivity contribution is 6.68. The Hall–Kier alpha value is -0.870. The molecule has 5 heteroatoms. The highest BCUT2D eigenvalue weighted by atomic mass is 35.5. The highest BCUT2D eigenvalue weighted by Crippen LogP contribution is 2.19. The van der Waals surface area contributed by atoms with Crippen molar-refractivity contribution in [3.8, 4) is 0 Å². The van der Waals surface area contributed by atoms with Crippen molar-refractivity contribution < 1.29 is 19.1 Å². The van der Waals surface area contributed by atoms with E-state index in [0.29, 0.717) is 18.6 Å².